The zero-order valence-corrected chi connectivity index (χ0v) is 25.8. The number of rotatable bonds is 5. The molecular weight excluding hydrogens is 557 g/mol. The highest BCUT2D eigenvalue weighted by atomic mass is 19.1. The summed E-state index contributed by atoms with van der Waals surface area (Å²) in [6.45, 7) is 10.4. The molecule has 1 aliphatic heterocycles. The van der Waals surface area contributed by atoms with E-state index in [1.165, 1.54) is 29.7 Å². The van der Waals surface area contributed by atoms with Crippen LogP contribution in [0, 0.1) is 41.1 Å². The third kappa shape index (κ3) is 4.94. The molecule has 4 aromatic rings. The molecule has 3 saturated carbocycles. The van der Waals surface area contributed by atoms with Gasteiger partial charge in [-0.2, -0.15) is 0 Å². The zero-order valence-electron chi connectivity index (χ0n) is 25.8. The fourth-order valence-electron chi connectivity index (χ4n) is 7.71. The van der Waals surface area contributed by atoms with Crippen molar-refractivity contribution in [2.75, 3.05) is 11.9 Å². The molecule has 2 bridgehead atoms. The minimum absolute atomic E-state index is 0.159. The molecule has 0 saturated heterocycles. The number of imidazole rings is 1. The largest absolute Gasteiger partial charge is 0.805 e. The van der Waals surface area contributed by atoms with E-state index in [1.807, 2.05) is 25.1 Å². The van der Waals surface area contributed by atoms with Gasteiger partial charge in [0.25, 0.3) is 5.56 Å². The number of nitrogens with one attached hydrogen (secondary N) is 1. The fourth-order valence-corrected chi connectivity index (χ4v) is 7.71. The number of anilines is 1. The van der Waals surface area contributed by atoms with Crippen molar-refractivity contribution in [3.63, 3.8) is 0 Å². The Balaban J connectivity index is 1.15. The van der Waals surface area contributed by atoms with Gasteiger partial charge >= 0.3 is 0 Å². The number of aryl methyl sites for hydroxylation is 3. The number of hydrogen-bond donors (Lipinski definition) is 1. The summed E-state index contributed by atoms with van der Waals surface area (Å²) in [6.07, 6.45) is 6.29. The number of halogens is 1. The van der Waals surface area contributed by atoms with E-state index >= 15 is 0 Å². The van der Waals surface area contributed by atoms with Gasteiger partial charge in [-0.1, -0.05) is 32.9 Å². The van der Waals surface area contributed by atoms with E-state index < -0.39 is 0 Å². The lowest BCUT2D eigenvalue weighted by Crippen LogP contribution is -2.56. The SMILES string of the molecule is Cc1ccc(CCn2cnc3cc(NC(=N[C@H]4C[C@H]5C[C@H]([C@H]4C)C5(C)C)N4CCc5ncn([O-])c5C4)ccc3c2=O)c(F)c1. The minimum atomic E-state index is -0.256. The highest BCUT2D eigenvalue weighted by Crippen LogP contribution is 2.61. The van der Waals surface area contributed by atoms with E-state index in [2.05, 4.69) is 41.0 Å². The predicted octanol–water partition coefficient (Wildman–Crippen LogP) is 5.53. The number of guanidine groups is 1. The molecule has 3 fully saturated rings. The molecular formula is C34H39FN7O2-. The maximum atomic E-state index is 14.3. The van der Waals surface area contributed by atoms with Crippen molar-refractivity contribution in [1.29, 1.82) is 0 Å². The molecule has 44 heavy (non-hydrogen) atoms. The van der Waals surface area contributed by atoms with Gasteiger partial charge in [0.05, 0.1) is 47.5 Å². The Labute approximate surface area is 256 Å². The van der Waals surface area contributed by atoms with Crippen LogP contribution < -0.4 is 10.9 Å². The van der Waals surface area contributed by atoms with Crippen molar-refractivity contribution in [1.82, 2.24) is 24.2 Å². The molecule has 9 nitrogen and oxygen atoms in total. The number of fused-ring (bicyclic) bond motifs is 4. The van der Waals surface area contributed by atoms with Crippen LogP contribution in [-0.2, 0) is 25.9 Å². The normalized spacial score (nSPS) is 24.2. The second-order valence-corrected chi connectivity index (χ2v) is 13.6. The van der Waals surface area contributed by atoms with Gasteiger partial charge in [-0.25, -0.2) is 19.4 Å². The van der Waals surface area contributed by atoms with E-state index in [9.17, 15) is 14.4 Å². The molecule has 4 atom stereocenters. The lowest BCUT2D eigenvalue weighted by Gasteiger charge is -2.61. The van der Waals surface area contributed by atoms with E-state index in [0.717, 1.165) is 34.1 Å². The van der Waals surface area contributed by atoms with Crippen LogP contribution >= 0.6 is 0 Å². The maximum absolute atomic E-state index is 14.3. The number of benzene rings is 2. The summed E-state index contributed by atoms with van der Waals surface area (Å²) in [4.78, 5) is 29.7. The Kier molecular flexibility index (Phi) is 6.98. The predicted molar refractivity (Wildman–Crippen MR) is 170 cm³/mol. The van der Waals surface area contributed by atoms with Crippen LogP contribution in [0.2, 0.25) is 0 Å². The van der Waals surface area contributed by atoms with Crippen molar-refractivity contribution in [2.45, 2.75) is 72.5 Å². The Morgan fingerprint density at radius 3 is 2.77 bits per heavy atom. The Morgan fingerprint density at radius 2 is 2.00 bits per heavy atom. The van der Waals surface area contributed by atoms with Gasteiger partial charge in [0.2, 0.25) is 0 Å². The van der Waals surface area contributed by atoms with Gasteiger partial charge < -0.3 is 20.2 Å². The first kappa shape index (κ1) is 28.6. The second kappa shape index (κ2) is 10.7. The van der Waals surface area contributed by atoms with Crippen LogP contribution in [0.15, 0.2) is 58.8 Å². The van der Waals surface area contributed by atoms with Gasteiger partial charge in [0.1, 0.15) is 5.82 Å². The summed E-state index contributed by atoms with van der Waals surface area (Å²) in [5, 5.41) is 16.5. The van der Waals surface area contributed by atoms with Crippen LogP contribution in [0.5, 0.6) is 0 Å². The van der Waals surface area contributed by atoms with Gasteiger partial charge in [-0.15, -0.1) is 0 Å². The third-order valence-electron chi connectivity index (χ3n) is 10.7. The summed E-state index contributed by atoms with van der Waals surface area (Å²) in [5.74, 6) is 2.27. The van der Waals surface area contributed by atoms with Gasteiger partial charge in [-0.05, 0) is 84.7 Å². The summed E-state index contributed by atoms with van der Waals surface area (Å²) in [6, 6.07) is 10.9. The highest BCUT2D eigenvalue weighted by Gasteiger charge is 2.56. The molecule has 0 amide bonds. The average molecular weight is 597 g/mol. The van der Waals surface area contributed by atoms with E-state index in [1.54, 1.807) is 12.1 Å². The highest BCUT2D eigenvalue weighted by molar-refractivity contribution is 5.96. The molecule has 0 radical (unpaired) electrons. The monoisotopic (exact) mass is 596 g/mol. The van der Waals surface area contributed by atoms with Crippen LogP contribution in [-0.4, -0.2) is 42.7 Å². The summed E-state index contributed by atoms with van der Waals surface area (Å²) < 4.78 is 16.7. The molecule has 3 aliphatic carbocycles. The number of hydrogen-bond acceptors (Lipinski definition) is 5. The minimum Gasteiger partial charge on any atom is -0.805 e. The first-order chi connectivity index (χ1) is 21.1. The first-order valence-electron chi connectivity index (χ1n) is 15.6. The third-order valence-corrected chi connectivity index (χ3v) is 10.7. The molecule has 0 spiro atoms. The van der Waals surface area contributed by atoms with Crippen LogP contribution in [0.3, 0.4) is 0 Å². The number of aliphatic imine (C=N–C) groups is 1. The molecule has 10 heteroatoms. The van der Waals surface area contributed by atoms with E-state index in [-0.39, 0.29) is 17.4 Å². The average Bonchev–Trinajstić information content (AvgIpc) is 3.37. The Morgan fingerprint density at radius 1 is 1.16 bits per heavy atom. The van der Waals surface area contributed by atoms with Gasteiger partial charge in [0, 0.05) is 25.2 Å². The Bertz CT molecular complexity index is 1830. The Hall–Kier alpha value is -4.21. The molecule has 4 aliphatic rings. The molecule has 0 unspecified atom stereocenters. The zero-order chi connectivity index (χ0) is 30.7. The van der Waals surface area contributed by atoms with Crippen molar-refractivity contribution in [2.24, 2.45) is 28.2 Å². The summed E-state index contributed by atoms with van der Waals surface area (Å²) in [5.41, 5.74) is 4.50. The van der Waals surface area contributed by atoms with E-state index in [0.29, 0.717) is 77.8 Å². The molecule has 8 rings (SSSR count). The van der Waals surface area contributed by atoms with Crippen molar-refractivity contribution in [3.8, 4) is 0 Å². The maximum Gasteiger partial charge on any atom is 0.261 e. The molecule has 2 aromatic heterocycles. The number of nitrogens with zero attached hydrogens (tertiary/aromatic N) is 6. The second-order valence-electron chi connectivity index (χ2n) is 13.6. The number of aromatic nitrogens is 4. The van der Waals surface area contributed by atoms with Crippen LogP contribution in [0.4, 0.5) is 10.1 Å². The van der Waals surface area contributed by atoms with Crippen molar-refractivity contribution in [3.05, 3.63) is 92.9 Å². The molecule has 3 heterocycles. The smallest absolute Gasteiger partial charge is 0.261 e. The molecule has 2 aromatic carbocycles. The lowest BCUT2D eigenvalue weighted by molar-refractivity contribution is -0.108. The fraction of sp³-hybridized carbons (Fsp3) is 0.471. The van der Waals surface area contributed by atoms with Gasteiger partial charge in [0.15, 0.2) is 5.96 Å². The first-order valence-corrected chi connectivity index (χ1v) is 15.6. The van der Waals surface area contributed by atoms with E-state index in [4.69, 9.17) is 4.99 Å². The summed E-state index contributed by atoms with van der Waals surface area (Å²) in [7, 11) is 0. The van der Waals surface area contributed by atoms with Crippen molar-refractivity contribution >= 4 is 22.5 Å². The lowest BCUT2D eigenvalue weighted by atomic mass is 9.45. The summed E-state index contributed by atoms with van der Waals surface area (Å²) >= 11 is 0. The quantitative estimate of drug-likeness (QED) is 0.240. The van der Waals surface area contributed by atoms with Crippen LogP contribution in [0.25, 0.3) is 10.9 Å². The molecule has 230 valence electrons. The van der Waals surface area contributed by atoms with Crippen LogP contribution in [0.1, 0.15) is 56.1 Å². The molecule has 1 N–H and O–H groups in total. The standard InChI is InChI=1S/C34H39FN7O2/c1-20-5-6-22(27(35)13-20)9-11-41-18-36-30-16-24(7-8-25(30)32(41)43)38-33(40-12-10-28-31(17-40)42(44)19-37-28)39-29-15-23-14-26(21(29)2)34(23,3)4/h5-8,13,16,18-19,21,23,26,29H,9-12,14-15,17H2,1-4H3,(H,38,39)/q-1/t21-,23-,26-,29+/m1/s1. The van der Waals surface area contributed by atoms with Gasteiger partial charge in [-0.3, -0.25) is 9.36 Å². The van der Waals surface area contributed by atoms with Crippen molar-refractivity contribution < 1.29 is 4.39 Å². The topological polar surface area (TPSA) is 103 Å².